The van der Waals surface area contributed by atoms with E-state index in [0.717, 1.165) is 39.8 Å². The Kier molecular flexibility index (Phi) is 8.51. The molecule has 0 amide bonds. The number of benzene rings is 1. The van der Waals surface area contributed by atoms with Crippen LogP contribution in [-0.2, 0) is 17.9 Å². The van der Waals surface area contributed by atoms with Gasteiger partial charge in [-0.05, 0) is 71.1 Å². The van der Waals surface area contributed by atoms with Crippen molar-refractivity contribution in [2.24, 2.45) is 0 Å². The lowest BCUT2D eigenvalue weighted by Gasteiger charge is -2.25. The van der Waals surface area contributed by atoms with Crippen LogP contribution in [-0.4, -0.2) is 36.9 Å². The second kappa shape index (κ2) is 11.6. The Hall–Kier alpha value is -2.65. The Morgan fingerprint density at radius 2 is 1.86 bits per heavy atom. The Balaban J connectivity index is 1.55. The van der Waals surface area contributed by atoms with Crippen molar-refractivity contribution < 1.29 is 14.6 Å². The van der Waals surface area contributed by atoms with Crippen molar-refractivity contribution in [1.82, 2.24) is 15.0 Å². The highest BCUT2D eigenvalue weighted by molar-refractivity contribution is 8.01. The van der Waals surface area contributed by atoms with Crippen molar-refractivity contribution in [3.63, 3.8) is 0 Å². The van der Waals surface area contributed by atoms with Crippen molar-refractivity contribution >= 4 is 34.9 Å². The van der Waals surface area contributed by atoms with Crippen LogP contribution in [0.25, 0.3) is 0 Å². The first-order valence-electron chi connectivity index (χ1n) is 12.4. The molecule has 36 heavy (non-hydrogen) atoms. The fourth-order valence-electron chi connectivity index (χ4n) is 4.25. The van der Waals surface area contributed by atoms with Gasteiger partial charge in [-0.2, -0.15) is 0 Å². The molecule has 0 spiro atoms. The van der Waals surface area contributed by atoms with E-state index in [1.807, 2.05) is 32.0 Å². The minimum Gasteiger partial charge on any atom is -0.480 e. The van der Waals surface area contributed by atoms with Gasteiger partial charge in [0.05, 0.1) is 17.2 Å². The molecule has 2 aromatic heterocycles. The number of carboxylic acid groups (broad SMARTS) is 1. The molecule has 0 saturated heterocycles. The van der Waals surface area contributed by atoms with Crippen LogP contribution in [0.5, 0.6) is 5.88 Å². The second-order valence-electron chi connectivity index (χ2n) is 9.75. The van der Waals surface area contributed by atoms with Gasteiger partial charge in [-0.3, -0.25) is 4.79 Å². The third-order valence-corrected chi connectivity index (χ3v) is 8.56. The van der Waals surface area contributed by atoms with E-state index in [1.165, 1.54) is 35.9 Å². The van der Waals surface area contributed by atoms with Crippen LogP contribution in [0.1, 0.15) is 67.1 Å². The van der Waals surface area contributed by atoms with Crippen molar-refractivity contribution in [2.75, 3.05) is 4.90 Å². The van der Waals surface area contributed by atoms with Crippen LogP contribution < -0.4 is 9.64 Å². The van der Waals surface area contributed by atoms with E-state index >= 15 is 0 Å². The maximum atomic E-state index is 11.5. The highest BCUT2D eigenvalue weighted by Gasteiger charge is 2.28. The molecule has 1 fully saturated rings. The number of carbonyl (C=O) groups is 1. The molecule has 1 aliphatic rings. The highest BCUT2D eigenvalue weighted by atomic mass is 32.2. The smallest absolute Gasteiger partial charge is 0.319 e. The van der Waals surface area contributed by atoms with Crippen LogP contribution >= 0.6 is 23.1 Å². The average molecular weight is 527 g/mol. The van der Waals surface area contributed by atoms with Gasteiger partial charge >= 0.3 is 5.97 Å². The SMILES string of the molecule is Cc1nc(C)c(CN(Cc2ccc(SC(C)(C)C(=O)O)cc2)c2cc(OC3CCCCC3)ncn2)s1. The number of aliphatic carboxylic acids is 1. The fourth-order valence-corrected chi connectivity index (χ4v) is 6.16. The number of thiazole rings is 1. The lowest BCUT2D eigenvalue weighted by molar-refractivity contribution is -0.138. The van der Waals surface area contributed by atoms with Gasteiger partial charge in [0, 0.05) is 22.4 Å². The second-order valence-corrected chi connectivity index (χ2v) is 12.7. The van der Waals surface area contributed by atoms with Crippen LogP contribution in [0.4, 0.5) is 5.82 Å². The predicted molar refractivity (Wildman–Crippen MR) is 145 cm³/mol. The quantitative estimate of drug-likeness (QED) is 0.303. The standard InChI is InChI=1S/C27H34N4O3S2/c1-18-23(35-19(2)30-18)16-31(15-20-10-12-22(13-11-20)36-27(3,4)26(32)33)24-14-25(29-17-28-24)34-21-8-6-5-7-9-21/h10-14,17,21H,5-9,15-16H2,1-4H3,(H,32,33). The molecule has 7 nitrogen and oxygen atoms in total. The zero-order valence-corrected chi connectivity index (χ0v) is 23.0. The minimum absolute atomic E-state index is 0.224. The van der Waals surface area contributed by atoms with E-state index in [0.29, 0.717) is 19.0 Å². The minimum atomic E-state index is -0.884. The zero-order valence-electron chi connectivity index (χ0n) is 21.4. The molecule has 0 radical (unpaired) electrons. The Morgan fingerprint density at radius 1 is 1.14 bits per heavy atom. The molecule has 4 rings (SSSR count). The summed E-state index contributed by atoms with van der Waals surface area (Å²) in [4.78, 5) is 29.4. The first kappa shape index (κ1) is 26.4. The molecule has 9 heteroatoms. The number of aromatic nitrogens is 3. The number of nitrogens with zero attached hydrogens (tertiary/aromatic N) is 4. The van der Waals surface area contributed by atoms with Crippen LogP contribution in [0.2, 0.25) is 0 Å². The Labute approximate surface area is 221 Å². The molecule has 0 aliphatic heterocycles. The molecule has 1 saturated carbocycles. The number of hydrogen-bond donors (Lipinski definition) is 1. The third-order valence-electron chi connectivity index (χ3n) is 6.31. The van der Waals surface area contributed by atoms with E-state index in [4.69, 9.17) is 4.74 Å². The van der Waals surface area contributed by atoms with E-state index in [1.54, 1.807) is 31.5 Å². The van der Waals surface area contributed by atoms with Gasteiger partial charge in [0.2, 0.25) is 5.88 Å². The van der Waals surface area contributed by atoms with Crippen LogP contribution in [0.3, 0.4) is 0 Å². The maximum Gasteiger partial charge on any atom is 0.319 e. The van der Waals surface area contributed by atoms with Gasteiger partial charge in [0.1, 0.15) is 23.0 Å². The number of aryl methyl sites for hydroxylation is 2. The molecular formula is C27H34N4O3S2. The fraction of sp³-hybridized carbons (Fsp3) is 0.481. The first-order chi connectivity index (χ1) is 17.2. The number of carboxylic acids is 1. The first-order valence-corrected chi connectivity index (χ1v) is 14.0. The number of ether oxygens (including phenoxy) is 1. The summed E-state index contributed by atoms with van der Waals surface area (Å²) >= 11 is 3.05. The lowest BCUT2D eigenvalue weighted by Crippen LogP contribution is -2.26. The molecule has 0 unspecified atom stereocenters. The average Bonchev–Trinajstić information content (AvgIpc) is 3.16. The summed E-state index contributed by atoms with van der Waals surface area (Å²) in [5.41, 5.74) is 2.15. The summed E-state index contributed by atoms with van der Waals surface area (Å²) in [5.74, 6) is 0.608. The third kappa shape index (κ3) is 6.97. The molecule has 0 bridgehead atoms. The molecule has 1 aliphatic carbocycles. The summed E-state index contributed by atoms with van der Waals surface area (Å²) in [7, 11) is 0. The van der Waals surface area contributed by atoms with E-state index < -0.39 is 10.7 Å². The number of hydrogen-bond acceptors (Lipinski definition) is 8. The van der Waals surface area contributed by atoms with Crippen molar-refractivity contribution in [3.05, 3.63) is 57.8 Å². The molecule has 0 atom stereocenters. The molecule has 2 heterocycles. The van der Waals surface area contributed by atoms with Gasteiger partial charge in [-0.15, -0.1) is 23.1 Å². The van der Waals surface area contributed by atoms with Crippen molar-refractivity contribution in [2.45, 2.75) is 88.6 Å². The number of thioether (sulfide) groups is 1. The van der Waals surface area contributed by atoms with Gasteiger partial charge < -0.3 is 14.7 Å². The Bertz CT molecular complexity index is 1170. The van der Waals surface area contributed by atoms with Crippen molar-refractivity contribution in [1.29, 1.82) is 0 Å². The topological polar surface area (TPSA) is 88.4 Å². The van der Waals surface area contributed by atoms with Gasteiger partial charge in [-0.25, -0.2) is 15.0 Å². The molecule has 192 valence electrons. The molecular weight excluding hydrogens is 492 g/mol. The number of anilines is 1. The monoisotopic (exact) mass is 526 g/mol. The predicted octanol–water partition coefficient (Wildman–Crippen LogP) is 6.42. The van der Waals surface area contributed by atoms with Gasteiger partial charge in [0.25, 0.3) is 0 Å². The van der Waals surface area contributed by atoms with Crippen molar-refractivity contribution in [3.8, 4) is 5.88 Å². The summed E-state index contributed by atoms with van der Waals surface area (Å²) < 4.78 is 5.33. The molecule has 1 N–H and O–H groups in total. The maximum absolute atomic E-state index is 11.5. The summed E-state index contributed by atoms with van der Waals surface area (Å²) in [6, 6.07) is 10.0. The summed E-state index contributed by atoms with van der Waals surface area (Å²) in [6.45, 7) is 8.84. The normalized spacial score (nSPS) is 14.6. The van der Waals surface area contributed by atoms with E-state index in [2.05, 4.69) is 32.0 Å². The largest absolute Gasteiger partial charge is 0.480 e. The van der Waals surface area contributed by atoms with E-state index in [9.17, 15) is 9.90 Å². The summed E-state index contributed by atoms with van der Waals surface area (Å²) in [6.07, 6.45) is 7.64. The van der Waals surface area contributed by atoms with E-state index in [-0.39, 0.29) is 6.10 Å². The molecule has 1 aromatic carbocycles. The highest BCUT2D eigenvalue weighted by Crippen LogP contribution is 2.33. The molecule has 3 aromatic rings. The Morgan fingerprint density at radius 3 is 2.50 bits per heavy atom. The van der Waals surface area contributed by atoms with Crippen LogP contribution in [0, 0.1) is 13.8 Å². The lowest BCUT2D eigenvalue weighted by atomic mass is 9.98. The number of rotatable bonds is 10. The summed E-state index contributed by atoms with van der Waals surface area (Å²) in [5, 5.41) is 10.5. The zero-order chi connectivity index (χ0) is 25.7. The van der Waals surface area contributed by atoms with Gasteiger partial charge in [0.15, 0.2) is 0 Å². The van der Waals surface area contributed by atoms with Crippen LogP contribution in [0.15, 0.2) is 41.6 Å². The van der Waals surface area contributed by atoms with Gasteiger partial charge in [-0.1, -0.05) is 18.6 Å².